The summed E-state index contributed by atoms with van der Waals surface area (Å²) in [5.74, 6) is 0. The Bertz CT molecular complexity index is 2770. The second kappa shape index (κ2) is 12.1. The summed E-state index contributed by atoms with van der Waals surface area (Å²) in [5.41, 5.74) is 13.1. The summed E-state index contributed by atoms with van der Waals surface area (Å²) in [5, 5.41) is 4.99. The number of benzene rings is 7. The molecule has 3 nitrogen and oxygen atoms in total. The van der Waals surface area contributed by atoms with Gasteiger partial charge in [0.05, 0.1) is 22.1 Å². The van der Waals surface area contributed by atoms with Gasteiger partial charge in [0.1, 0.15) is 0 Å². The van der Waals surface area contributed by atoms with Gasteiger partial charge in [-0.05, 0) is 109 Å². The summed E-state index contributed by atoms with van der Waals surface area (Å²) in [6, 6.07) is 61.7. The lowest BCUT2D eigenvalue weighted by atomic mass is 10.0. The Kier molecular flexibility index (Phi) is 6.95. The first-order chi connectivity index (χ1) is 25.3. The van der Waals surface area contributed by atoms with Crippen LogP contribution >= 0.6 is 0 Å². The maximum absolute atomic E-state index is 2.43. The Balaban J connectivity index is 1.17. The van der Waals surface area contributed by atoms with Crippen LogP contribution in [0.2, 0.25) is 0 Å². The quantitative estimate of drug-likeness (QED) is 0.174. The molecule has 0 fully saturated rings. The summed E-state index contributed by atoms with van der Waals surface area (Å²) in [6.07, 6.45) is 9.00. The molecule has 2 heterocycles. The van der Waals surface area contributed by atoms with Crippen LogP contribution in [0, 0.1) is 0 Å². The predicted molar refractivity (Wildman–Crippen MR) is 216 cm³/mol. The average molecular weight is 654 g/mol. The Labute approximate surface area is 297 Å². The fraction of sp³-hybridized carbons (Fsp3) is 0.0417. The molecule has 0 unspecified atom stereocenters. The van der Waals surface area contributed by atoms with E-state index in [-0.39, 0.29) is 0 Å². The van der Waals surface area contributed by atoms with Gasteiger partial charge < -0.3 is 14.0 Å². The maximum atomic E-state index is 2.43. The van der Waals surface area contributed by atoms with Gasteiger partial charge in [-0.25, -0.2) is 0 Å². The predicted octanol–water partition coefficient (Wildman–Crippen LogP) is 12.9. The van der Waals surface area contributed by atoms with E-state index in [0.29, 0.717) is 0 Å². The highest BCUT2D eigenvalue weighted by molar-refractivity contribution is 6.19. The molecule has 2 aromatic heterocycles. The van der Waals surface area contributed by atoms with Crippen molar-refractivity contribution in [2.45, 2.75) is 12.8 Å². The zero-order valence-electron chi connectivity index (χ0n) is 28.2. The molecule has 0 saturated heterocycles. The molecular weight excluding hydrogens is 619 g/mol. The van der Waals surface area contributed by atoms with Crippen LogP contribution in [-0.4, -0.2) is 9.13 Å². The van der Waals surface area contributed by atoms with Crippen LogP contribution in [0.1, 0.15) is 12.8 Å². The number of fused-ring (bicyclic) bond motifs is 6. The summed E-state index contributed by atoms with van der Waals surface area (Å²) >= 11 is 0. The molecule has 0 spiro atoms. The molecule has 1 aliphatic carbocycles. The van der Waals surface area contributed by atoms with Gasteiger partial charge in [-0.2, -0.15) is 0 Å². The number of anilines is 2. The van der Waals surface area contributed by atoms with E-state index in [9.17, 15) is 0 Å². The van der Waals surface area contributed by atoms with Gasteiger partial charge in [-0.3, -0.25) is 0 Å². The van der Waals surface area contributed by atoms with Crippen molar-refractivity contribution < 1.29 is 0 Å². The topological polar surface area (TPSA) is 13.1 Å². The molecule has 0 saturated carbocycles. The van der Waals surface area contributed by atoms with Crippen LogP contribution in [0.3, 0.4) is 0 Å². The van der Waals surface area contributed by atoms with Crippen molar-refractivity contribution in [2.75, 3.05) is 4.90 Å². The van der Waals surface area contributed by atoms with Gasteiger partial charge in [-0.15, -0.1) is 0 Å². The Hall–Kier alpha value is -6.58. The van der Waals surface area contributed by atoms with E-state index in [1.165, 1.54) is 66.1 Å². The zero-order valence-corrected chi connectivity index (χ0v) is 28.2. The summed E-state index contributed by atoms with van der Waals surface area (Å²) in [7, 11) is 0. The molecule has 0 atom stereocenters. The van der Waals surface area contributed by atoms with Crippen molar-refractivity contribution in [3.05, 3.63) is 194 Å². The molecule has 9 aromatic rings. The summed E-state index contributed by atoms with van der Waals surface area (Å²) < 4.78 is 4.84. The van der Waals surface area contributed by atoms with Crippen LogP contribution in [0.15, 0.2) is 194 Å². The molecule has 0 amide bonds. The van der Waals surface area contributed by atoms with Gasteiger partial charge >= 0.3 is 0 Å². The van der Waals surface area contributed by atoms with Crippen molar-refractivity contribution in [1.29, 1.82) is 0 Å². The summed E-state index contributed by atoms with van der Waals surface area (Å²) in [4.78, 5) is 2.35. The van der Waals surface area contributed by atoms with Crippen molar-refractivity contribution in [1.82, 2.24) is 9.13 Å². The molecule has 3 heteroatoms. The monoisotopic (exact) mass is 653 g/mol. The molecule has 0 bridgehead atoms. The van der Waals surface area contributed by atoms with E-state index in [2.05, 4.69) is 202 Å². The Morgan fingerprint density at radius 2 is 0.922 bits per heavy atom. The largest absolute Gasteiger partial charge is 0.311 e. The van der Waals surface area contributed by atoms with Gasteiger partial charge in [0.2, 0.25) is 0 Å². The first kappa shape index (κ1) is 29.3. The van der Waals surface area contributed by atoms with Crippen LogP contribution < -0.4 is 4.90 Å². The fourth-order valence-corrected chi connectivity index (χ4v) is 7.96. The molecule has 0 aliphatic heterocycles. The molecule has 51 heavy (non-hydrogen) atoms. The van der Waals surface area contributed by atoms with E-state index in [4.69, 9.17) is 0 Å². The van der Waals surface area contributed by atoms with Crippen molar-refractivity contribution in [3.8, 4) is 22.5 Å². The second-order valence-corrected chi connectivity index (χ2v) is 13.3. The SMILES string of the molecule is C1=CC(N(c2ccccc2)c2ccc(-c3ccc4c(c3)c3cc5c(cc3n4-c3ccccc3)c3ccccc3n5-c3ccccc3)cc2)=CCC1. The third-order valence-electron chi connectivity index (χ3n) is 10.3. The molecule has 10 rings (SSSR count). The van der Waals surface area contributed by atoms with Crippen LogP contribution in [-0.2, 0) is 0 Å². The minimum Gasteiger partial charge on any atom is -0.311 e. The molecule has 0 N–H and O–H groups in total. The van der Waals surface area contributed by atoms with Gasteiger partial charge in [-0.1, -0.05) is 103 Å². The number of rotatable bonds is 6. The van der Waals surface area contributed by atoms with Crippen LogP contribution in [0.25, 0.3) is 66.1 Å². The van der Waals surface area contributed by atoms with Crippen molar-refractivity contribution >= 4 is 55.0 Å². The Morgan fingerprint density at radius 3 is 1.57 bits per heavy atom. The second-order valence-electron chi connectivity index (χ2n) is 13.3. The van der Waals surface area contributed by atoms with Crippen molar-refractivity contribution in [3.63, 3.8) is 0 Å². The lowest BCUT2D eigenvalue weighted by molar-refractivity contribution is 0.997. The summed E-state index contributed by atoms with van der Waals surface area (Å²) in [6.45, 7) is 0. The molecule has 0 radical (unpaired) electrons. The maximum Gasteiger partial charge on any atom is 0.0548 e. The first-order valence-electron chi connectivity index (χ1n) is 17.8. The van der Waals surface area contributed by atoms with Crippen molar-refractivity contribution in [2.24, 2.45) is 0 Å². The lowest BCUT2D eigenvalue weighted by Crippen LogP contribution is -2.16. The smallest absolute Gasteiger partial charge is 0.0548 e. The number of nitrogens with zero attached hydrogens (tertiary/aromatic N) is 3. The standard InChI is InChI=1S/C48H35N3/c1-5-15-36(16-6-1)49(37-17-7-2-8-18-37)40-28-25-34(26-29-40)35-27-30-46-42(31-35)44-33-47-43(32-48(44)51(46)39-21-11-4-12-22-39)41-23-13-14-24-45(41)50(47)38-19-9-3-10-20-38/h1,3-7,9-33H,2,8H2. The average Bonchev–Trinajstić information content (AvgIpc) is 3.70. The highest BCUT2D eigenvalue weighted by atomic mass is 15.1. The van der Waals surface area contributed by atoms with E-state index >= 15 is 0 Å². The third kappa shape index (κ3) is 4.89. The number of para-hydroxylation sites is 4. The van der Waals surface area contributed by atoms with E-state index in [1.54, 1.807) is 0 Å². The normalized spacial score (nSPS) is 13.0. The zero-order chi connectivity index (χ0) is 33.7. The minimum absolute atomic E-state index is 1.06. The first-order valence-corrected chi connectivity index (χ1v) is 17.8. The fourth-order valence-electron chi connectivity index (χ4n) is 7.96. The van der Waals surface area contributed by atoms with Gasteiger partial charge in [0, 0.05) is 50.0 Å². The van der Waals surface area contributed by atoms with E-state index in [1.807, 2.05) is 0 Å². The number of allylic oxidation sites excluding steroid dienone is 3. The van der Waals surface area contributed by atoms with E-state index in [0.717, 1.165) is 29.9 Å². The lowest BCUT2D eigenvalue weighted by Gasteiger charge is -2.27. The number of aromatic nitrogens is 2. The van der Waals surface area contributed by atoms with Gasteiger partial charge in [0.15, 0.2) is 0 Å². The van der Waals surface area contributed by atoms with Crippen LogP contribution in [0.5, 0.6) is 0 Å². The molecule has 7 aromatic carbocycles. The highest BCUT2D eigenvalue weighted by Crippen LogP contribution is 2.41. The van der Waals surface area contributed by atoms with Gasteiger partial charge in [0.25, 0.3) is 0 Å². The minimum atomic E-state index is 1.06. The third-order valence-corrected chi connectivity index (χ3v) is 10.3. The van der Waals surface area contributed by atoms with Crippen LogP contribution in [0.4, 0.5) is 11.4 Å². The number of hydrogen-bond donors (Lipinski definition) is 0. The highest BCUT2D eigenvalue weighted by Gasteiger charge is 2.19. The molecule has 242 valence electrons. The Morgan fingerprint density at radius 1 is 0.392 bits per heavy atom. The van der Waals surface area contributed by atoms with E-state index < -0.39 is 0 Å². The molecule has 1 aliphatic rings. The molecular formula is C48H35N3. The number of hydrogen-bond acceptors (Lipinski definition) is 1.